The van der Waals surface area contributed by atoms with E-state index in [-0.39, 0.29) is 40.7 Å². The molecule has 2 amide bonds. The van der Waals surface area contributed by atoms with Crippen molar-refractivity contribution in [2.45, 2.75) is 161 Å². The van der Waals surface area contributed by atoms with Crippen molar-refractivity contribution < 1.29 is 28.3 Å². The number of imidazole rings is 1. The van der Waals surface area contributed by atoms with Crippen LogP contribution in [0.2, 0.25) is 36.3 Å². The van der Waals surface area contributed by atoms with E-state index in [1.165, 1.54) is 13.3 Å². The molecule has 5 atom stereocenters. The molecule has 322 valence electrons. The van der Waals surface area contributed by atoms with Crippen LogP contribution in [0.25, 0.3) is 11.2 Å². The summed E-state index contributed by atoms with van der Waals surface area (Å²) in [6.07, 6.45) is 7.50. The van der Waals surface area contributed by atoms with E-state index in [1.54, 1.807) is 30.6 Å². The number of hydrogen-bond acceptors (Lipinski definition) is 10. The number of rotatable bonds is 19. The van der Waals surface area contributed by atoms with Crippen LogP contribution in [-0.4, -0.2) is 108 Å². The van der Waals surface area contributed by atoms with Gasteiger partial charge in [-0.05, 0) is 66.8 Å². The van der Waals surface area contributed by atoms with Crippen LogP contribution in [0.5, 0.6) is 5.75 Å². The van der Waals surface area contributed by atoms with Crippen molar-refractivity contribution in [3.8, 4) is 5.75 Å². The molecule has 0 spiro atoms. The molecule has 1 saturated heterocycles. The van der Waals surface area contributed by atoms with Gasteiger partial charge in [-0.15, -0.1) is 0 Å². The molecule has 0 saturated carbocycles. The van der Waals surface area contributed by atoms with Gasteiger partial charge in [0, 0.05) is 26.4 Å². The van der Waals surface area contributed by atoms with Gasteiger partial charge in [-0.25, -0.2) is 19.9 Å². The molecule has 1 aliphatic heterocycles. The van der Waals surface area contributed by atoms with E-state index in [2.05, 4.69) is 102 Å². The van der Waals surface area contributed by atoms with Gasteiger partial charge in [0.05, 0.1) is 25.3 Å². The van der Waals surface area contributed by atoms with Crippen LogP contribution in [0.3, 0.4) is 0 Å². The molecule has 14 nitrogen and oxygen atoms in total. The molecule has 0 unspecified atom stereocenters. The molecule has 1 aromatic carbocycles. The number of benzene rings is 1. The Bertz CT molecular complexity index is 1830. The second-order valence-electron chi connectivity index (χ2n) is 18.6. The Labute approximate surface area is 348 Å². The lowest BCUT2D eigenvalue weighted by atomic mass is 10.0. The third kappa shape index (κ3) is 12.0. The number of carbonyl (C=O) groups is 2. The lowest BCUT2D eigenvalue weighted by Gasteiger charge is -2.41. The molecule has 1 aliphatic rings. The molecular weight excluding hydrogens is 769 g/mol. The Morgan fingerprint density at radius 1 is 0.983 bits per heavy atom. The number of aliphatic imine (C=N–C) groups is 1. The largest absolute Gasteiger partial charge is 0.508 e. The average Bonchev–Trinajstić information content (AvgIpc) is 3.71. The van der Waals surface area contributed by atoms with Crippen LogP contribution in [0.1, 0.15) is 99.8 Å². The van der Waals surface area contributed by atoms with Gasteiger partial charge in [0.15, 0.2) is 39.8 Å². The predicted octanol–water partition coefficient (Wildman–Crippen LogP) is 7.64. The van der Waals surface area contributed by atoms with Gasteiger partial charge < -0.3 is 34.2 Å². The van der Waals surface area contributed by atoms with Crippen molar-refractivity contribution in [2.24, 2.45) is 4.99 Å². The van der Waals surface area contributed by atoms with Crippen molar-refractivity contribution in [2.75, 3.05) is 19.7 Å². The second kappa shape index (κ2) is 19.6. The molecular formula is C42H70N8O6Si2. The highest BCUT2D eigenvalue weighted by Gasteiger charge is 2.53. The standard InChI is InChI=1S/C42H70N8O6Si2/c1-14-16-22-49(23-17-15-2)27-46-37-35-38(44-26-43-37)50(28-45-35)40-36(56-58(12,13)42(7,8)9)34(33(55-40)25-54-57(10,11)41(4,5)6)48-39(53)32(47-29(3)51)24-30-18-20-31(52)21-19-30/h18-21,26-28,32-34,36,40,52H,14-17,22-25H2,1-13H3,(H,47,51)(H,48,53)/b46-27+/t32-,33+,34+,36+,40+/m0/s1. The highest BCUT2D eigenvalue weighted by atomic mass is 28.4. The molecule has 1 fully saturated rings. The normalized spacial score (nSPS) is 19.8. The van der Waals surface area contributed by atoms with Gasteiger partial charge in [0.25, 0.3) is 0 Å². The highest BCUT2D eigenvalue weighted by Crippen LogP contribution is 2.44. The van der Waals surface area contributed by atoms with E-state index >= 15 is 0 Å². The Kier molecular flexibility index (Phi) is 15.9. The molecule has 16 heteroatoms. The Morgan fingerprint density at radius 2 is 1.60 bits per heavy atom. The van der Waals surface area contributed by atoms with Crippen molar-refractivity contribution >= 4 is 51.8 Å². The van der Waals surface area contributed by atoms with E-state index < -0.39 is 47.2 Å². The van der Waals surface area contributed by atoms with Crippen molar-refractivity contribution in [3.05, 3.63) is 42.5 Å². The Hall–Kier alpha value is -3.71. The van der Waals surface area contributed by atoms with Gasteiger partial charge in [-0.2, -0.15) is 0 Å². The summed E-state index contributed by atoms with van der Waals surface area (Å²) in [4.78, 5) is 48.0. The molecule has 3 N–H and O–H groups in total. The number of nitrogens with zero attached hydrogens (tertiary/aromatic N) is 6. The first-order valence-electron chi connectivity index (χ1n) is 20.9. The van der Waals surface area contributed by atoms with E-state index in [0.29, 0.717) is 17.0 Å². The van der Waals surface area contributed by atoms with Crippen LogP contribution in [0, 0.1) is 0 Å². The molecule has 3 aromatic rings. The molecule has 0 radical (unpaired) electrons. The topological polar surface area (TPSA) is 165 Å². The Morgan fingerprint density at radius 3 is 2.17 bits per heavy atom. The van der Waals surface area contributed by atoms with Gasteiger partial charge in [0.2, 0.25) is 11.8 Å². The summed E-state index contributed by atoms with van der Waals surface area (Å²) in [5.74, 6) is -0.153. The number of aromatic hydroxyl groups is 1. The number of unbranched alkanes of at least 4 members (excludes halogenated alkanes) is 2. The van der Waals surface area contributed by atoms with E-state index in [4.69, 9.17) is 28.5 Å². The summed E-state index contributed by atoms with van der Waals surface area (Å²) < 4.78 is 23.0. The first-order chi connectivity index (χ1) is 27.1. The number of aromatic nitrogens is 4. The monoisotopic (exact) mass is 838 g/mol. The zero-order valence-electron chi connectivity index (χ0n) is 37.3. The summed E-state index contributed by atoms with van der Waals surface area (Å²) >= 11 is 0. The van der Waals surface area contributed by atoms with Crippen LogP contribution in [-0.2, 0) is 29.6 Å². The number of nitrogens with one attached hydrogen (secondary N) is 2. The zero-order chi connectivity index (χ0) is 43.1. The minimum Gasteiger partial charge on any atom is -0.508 e. The molecule has 0 aliphatic carbocycles. The molecule has 4 rings (SSSR count). The van der Waals surface area contributed by atoms with E-state index in [9.17, 15) is 14.7 Å². The summed E-state index contributed by atoms with van der Waals surface area (Å²) in [7, 11) is -4.81. The molecule has 58 heavy (non-hydrogen) atoms. The number of carbonyl (C=O) groups excluding carboxylic acids is 2. The minimum absolute atomic E-state index is 0.0710. The van der Waals surface area contributed by atoms with Crippen molar-refractivity contribution in [1.82, 2.24) is 35.1 Å². The van der Waals surface area contributed by atoms with E-state index in [1.807, 2.05) is 10.9 Å². The zero-order valence-corrected chi connectivity index (χ0v) is 39.3. The highest BCUT2D eigenvalue weighted by molar-refractivity contribution is 6.74. The van der Waals surface area contributed by atoms with Gasteiger partial charge in [0.1, 0.15) is 30.3 Å². The van der Waals surface area contributed by atoms with Crippen LogP contribution in [0.4, 0.5) is 5.82 Å². The van der Waals surface area contributed by atoms with Crippen molar-refractivity contribution in [1.29, 1.82) is 0 Å². The summed E-state index contributed by atoms with van der Waals surface area (Å²) in [5, 5.41) is 15.8. The number of hydrogen-bond donors (Lipinski definition) is 3. The SMILES string of the molecule is CCCCN(/C=N/c1ncnc2c1ncn2[C@@H]1O[C@H](CO[Si](C)(C)C(C)(C)C)[C@@H](NC(=O)[C@H](Cc2ccc(O)cc2)NC(C)=O)[C@H]1O[Si](C)(C)C(C)(C)C)CCCC. The minimum atomic E-state index is -2.53. The first-order valence-corrected chi connectivity index (χ1v) is 26.7. The summed E-state index contributed by atoms with van der Waals surface area (Å²) in [5.41, 5.74) is 1.84. The van der Waals surface area contributed by atoms with Crippen molar-refractivity contribution in [3.63, 3.8) is 0 Å². The summed E-state index contributed by atoms with van der Waals surface area (Å²) in [6.45, 7) is 29.6. The average molecular weight is 839 g/mol. The predicted molar refractivity (Wildman–Crippen MR) is 235 cm³/mol. The van der Waals surface area contributed by atoms with Crippen LogP contribution < -0.4 is 10.6 Å². The first kappa shape index (κ1) is 47.0. The van der Waals surface area contributed by atoms with Crippen LogP contribution >= 0.6 is 0 Å². The fourth-order valence-corrected chi connectivity index (χ4v) is 8.53. The number of fused-ring (bicyclic) bond motifs is 1. The number of phenols is 1. The maximum Gasteiger partial charge on any atom is 0.243 e. The van der Waals surface area contributed by atoms with Gasteiger partial charge in [-0.1, -0.05) is 80.4 Å². The Balaban J connectivity index is 1.81. The maximum absolute atomic E-state index is 14.5. The fraction of sp³-hybridized carbons (Fsp3) is 0.667. The second-order valence-corrected chi connectivity index (χ2v) is 28.2. The smallest absolute Gasteiger partial charge is 0.243 e. The third-order valence-electron chi connectivity index (χ3n) is 11.9. The molecule has 2 aromatic heterocycles. The lowest BCUT2D eigenvalue weighted by molar-refractivity contribution is -0.129. The van der Waals surface area contributed by atoms with Gasteiger partial charge >= 0.3 is 0 Å². The lowest BCUT2D eigenvalue weighted by Crippen LogP contribution is -2.58. The quantitative estimate of drug-likeness (QED) is 0.0621. The molecule has 0 bridgehead atoms. The number of phenolic OH excluding ortho intramolecular Hbond substituents is 1. The molecule has 3 heterocycles. The van der Waals surface area contributed by atoms with Gasteiger partial charge in [-0.3, -0.25) is 14.2 Å². The number of ether oxygens (including phenoxy) is 1. The number of amides is 2. The fourth-order valence-electron chi connectivity index (χ4n) is 6.22. The third-order valence-corrected chi connectivity index (χ3v) is 20.9. The van der Waals surface area contributed by atoms with Crippen LogP contribution in [0.15, 0.2) is 41.9 Å². The maximum atomic E-state index is 14.5. The van der Waals surface area contributed by atoms with E-state index in [0.717, 1.165) is 44.3 Å². The summed E-state index contributed by atoms with van der Waals surface area (Å²) in [6, 6.07) is 5.01.